The Morgan fingerprint density at radius 1 is 1.33 bits per heavy atom. The maximum Gasteiger partial charge on any atom is 0.116 e. The molecule has 1 atom stereocenters. The number of thioether (sulfide) groups is 1. The van der Waals surface area contributed by atoms with Gasteiger partial charge in [-0.2, -0.15) is 17.0 Å². The largest absolute Gasteiger partial charge is 0.312 e. The lowest BCUT2D eigenvalue weighted by Crippen LogP contribution is -2.43. The Hall–Kier alpha value is -0.980. The zero-order valence-corrected chi connectivity index (χ0v) is 11.9. The number of nitriles is 1. The maximum absolute atomic E-state index is 9.19. The molecule has 1 aromatic rings. The average molecular weight is 260 g/mol. The zero-order chi connectivity index (χ0) is 13.2. The van der Waals surface area contributed by atoms with Crippen molar-refractivity contribution in [3.05, 3.63) is 34.9 Å². The highest BCUT2D eigenvalue weighted by Crippen LogP contribution is 2.39. The van der Waals surface area contributed by atoms with Crippen molar-refractivity contribution in [1.82, 2.24) is 0 Å². The van der Waals surface area contributed by atoms with Crippen LogP contribution in [0.4, 0.5) is 0 Å². The summed E-state index contributed by atoms with van der Waals surface area (Å²) in [6, 6.07) is 8.91. The van der Waals surface area contributed by atoms with Crippen molar-refractivity contribution in [3.63, 3.8) is 0 Å². The molecule has 0 spiro atoms. The van der Waals surface area contributed by atoms with Gasteiger partial charge in [0.2, 0.25) is 0 Å². The Balaban J connectivity index is 1.90. The maximum atomic E-state index is 9.19. The lowest BCUT2D eigenvalue weighted by Gasteiger charge is -2.20. The lowest BCUT2D eigenvalue weighted by atomic mass is 10.00. The fourth-order valence-electron chi connectivity index (χ4n) is 2.33. The third kappa shape index (κ3) is 3.28. The summed E-state index contributed by atoms with van der Waals surface area (Å²) in [5.74, 6) is 2.10. The summed E-state index contributed by atoms with van der Waals surface area (Å²) in [5.41, 5.74) is 9.46. The molecule has 0 amide bonds. The van der Waals surface area contributed by atoms with Crippen LogP contribution >= 0.6 is 11.8 Å². The normalized spacial score (nSPS) is 18.1. The molecule has 1 fully saturated rings. The van der Waals surface area contributed by atoms with Gasteiger partial charge in [-0.15, -0.1) is 0 Å². The van der Waals surface area contributed by atoms with Gasteiger partial charge in [0.25, 0.3) is 0 Å². The lowest BCUT2D eigenvalue weighted by molar-refractivity contribution is 0.532. The molecule has 18 heavy (non-hydrogen) atoms. The molecule has 2 nitrogen and oxygen atoms in total. The summed E-state index contributed by atoms with van der Waals surface area (Å²) in [4.78, 5) is 0. The van der Waals surface area contributed by atoms with Crippen LogP contribution in [0.5, 0.6) is 0 Å². The molecule has 0 aliphatic heterocycles. The van der Waals surface area contributed by atoms with Crippen molar-refractivity contribution >= 4 is 11.8 Å². The SMILES string of the molecule is Cc1cc(C)cc(CSCC(N)(C#N)C2CC2)c1. The van der Waals surface area contributed by atoms with Crippen LogP contribution in [0, 0.1) is 31.1 Å². The Bertz CT molecular complexity index is 454. The molecule has 1 aliphatic rings. The number of nitrogens with zero attached hydrogens (tertiary/aromatic N) is 1. The Labute approximate surface area is 114 Å². The number of nitrogens with two attached hydrogens (primary N) is 1. The molecule has 0 saturated heterocycles. The second kappa shape index (κ2) is 5.34. The van der Waals surface area contributed by atoms with Gasteiger partial charge < -0.3 is 5.73 Å². The molecule has 2 N–H and O–H groups in total. The highest BCUT2D eigenvalue weighted by molar-refractivity contribution is 7.98. The molecule has 1 saturated carbocycles. The molecule has 0 aromatic heterocycles. The van der Waals surface area contributed by atoms with E-state index in [0.29, 0.717) is 5.92 Å². The molecule has 0 bridgehead atoms. The zero-order valence-electron chi connectivity index (χ0n) is 11.1. The third-order valence-electron chi connectivity index (χ3n) is 3.41. The van der Waals surface area contributed by atoms with Crippen LogP contribution in [0.3, 0.4) is 0 Å². The fourth-order valence-corrected chi connectivity index (χ4v) is 3.47. The summed E-state index contributed by atoms with van der Waals surface area (Å²) >= 11 is 1.78. The molecular weight excluding hydrogens is 240 g/mol. The minimum atomic E-state index is -0.608. The van der Waals surface area contributed by atoms with E-state index in [-0.39, 0.29) is 0 Å². The second-order valence-corrected chi connectivity index (χ2v) is 6.40. The van der Waals surface area contributed by atoms with Gasteiger partial charge in [0.1, 0.15) is 5.54 Å². The summed E-state index contributed by atoms with van der Waals surface area (Å²) in [7, 11) is 0. The number of benzene rings is 1. The van der Waals surface area contributed by atoms with Crippen molar-refractivity contribution in [1.29, 1.82) is 5.26 Å². The fraction of sp³-hybridized carbons (Fsp3) is 0.533. The summed E-state index contributed by atoms with van der Waals surface area (Å²) in [6.45, 7) is 4.24. The van der Waals surface area contributed by atoms with E-state index < -0.39 is 5.54 Å². The van der Waals surface area contributed by atoms with E-state index in [9.17, 15) is 5.26 Å². The third-order valence-corrected chi connectivity index (χ3v) is 4.62. The Morgan fingerprint density at radius 2 is 1.94 bits per heavy atom. The van der Waals surface area contributed by atoms with Crippen LogP contribution in [0.25, 0.3) is 0 Å². The van der Waals surface area contributed by atoms with Gasteiger partial charge in [0.15, 0.2) is 0 Å². The van der Waals surface area contributed by atoms with E-state index in [1.54, 1.807) is 11.8 Å². The Morgan fingerprint density at radius 3 is 2.44 bits per heavy atom. The number of hydrogen-bond donors (Lipinski definition) is 1. The molecule has 1 aromatic carbocycles. The molecule has 2 rings (SSSR count). The van der Waals surface area contributed by atoms with E-state index in [2.05, 4.69) is 38.1 Å². The first kappa shape index (κ1) is 13.5. The van der Waals surface area contributed by atoms with Gasteiger partial charge in [0.05, 0.1) is 6.07 Å². The number of aryl methyl sites for hydroxylation is 2. The van der Waals surface area contributed by atoms with Crippen molar-refractivity contribution in [2.75, 3.05) is 5.75 Å². The van der Waals surface area contributed by atoms with Crippen molar-refractivity contribution in [3.8, 4) is 6.07 Å². The first-order valence-corrected chi connectivity index (χ1v) is 7.54. The highest BCUT2D eigenvalue weighted by Gasteiger charge is 2.42. The quantitative estimate of drug-likeness (QED) is 0.884. The van der Waals surface area contributed by atoms with Gasteiger partial charge in [-0.1, -0.05) is 29.3 Å². The van der Waals surface area contributed by atoms with E-state index in [0.717, 1.165) is 24.3 Å². The monoisotopic (exact) mass is 260 g/mol. The van der Waals surface area contributed by atoms with Gasteiger partial charge >= 0.3 is 0 Å². The van der Waals surface area contributed by atoms with E-state index >= 15 is 0 Å². The molecule has 3 heteroatoms. The van der Waals surface area contributed by atoms with Crippen molar-refractivity contribution < 1.29 is 0 Å². The minimum Gasteiger partial charge on any atom is -0.312 e. The first-order chi connectivity index (χ1) is 8.53. The summed E-state index contributed by atoms with van der Waals surface area (Å²) in [5, 5.41) is 9.19. The molecule has 1 unspecified atom stereocenters. The van der Waals surface area contributed by atoms with Crippen LogP contribution in [-0.4, -0.2) is 11.3 Å². The molecule has 96 valence electrons. The average Bonchev–Trinajstić information content (AvgIpc) is 3.11. The van der Waals surface area contributed by atoms with Crippen LogP contribution in [0.2, 0.25) is 0 Å². The van der Waals surface area contributed by atoms with E-state index in [1.165, 1.54) is 16.7 Å². The van der Waals surface area contributed by atoms with Gasteiger partial charge in [-0.05, 0) is 38.2 Å². The van der Waals surface area contributed by atoms with Gasteiger partial charge in [-0.3, -0.25) is 0 Å². The van der Waals surface area contributed by atoms with Crippen LogP contribution in [0.15, 0.2) is 18.2 Å². The van der Waals surface area contributed by atoms with E-state index in [4.69, 9.17) is 5.73 Å². The number of rotatable bonds is 5. The first-order valence-electron chi connectivity index (χ1n) is 6.38. The van der Waals surface area contributed by atoms with Crippen LogP contribution in [0.1, 0.15) is 29.5 Å². The predicted octanol–water partition coefficient (Wildman–Crippen LogP) is 3.17. The van der Waals surface area contributed by atoms with Crippen molar-refractivity contribution in [2.45, 2.75) is 38.0 Å². The molecule has 1 aliphatic carbocycles. The standard InChI is InChI=1S/C15H20N2S/c1-11-5-12(2)7-13(6-11)8-18-10-15(17,9-16)14-3-4-14/h5-7,14H,3-4,8,10,17H2,1-2H3. The smallest absolute Gasteiger partial charge is 0.116 e. The molecule has 0 radical (unpaired) electrons. The van der Waals surface area contributed by atoms with Gasteiger partial charge in [-0.25, -0.2) is 0 Å². The van der Waals surface area contributed by atoms with E-state index in [1.807, 2.05) is 0 Å². The molecule has 0 heterocycles. The minimum absolute atomic E-state index is 0.425. The topological polar surface area (TPSA) is 49.8 Å². The van der Waals surface area contributed by atoms with Crippen molar-refractivity contribution in [2.24, 2.45) is 11.7 Å². The summed E-state index contributed by atoms with van der Waals surface area (Å²) < 4.78 is 0. The summed E-state index contributed by atoms with van der Waals surface area (Å²) in [6.07, 6.45) is 2.24. The highest BCUT2D eigenvalue weighted by atomic mass is 32.2. The Kier molecular flexibility index (Phi) is 3.99. The number of hydrogen-bond acceptors (Lipinski definition) is 3. The second-order valence-electron chi connectivity index (χ2n) is 5.42. The van der Waals surface area contributed by atoms with Crippen LogP contribution < -0.4 is 5.73 Å². The predicted molar refractivity (Wildman–Crippen MR) is 77.3 cm³/mol. The molecular formula is C15H20N2S. The van der Waals surface area contributed by atoms with Gasteiger partial charge in [0, 0.05) is 11.5 Å². The van der Waals surface area contributed by atoms with Crippen LogP contribution in [-0.2, 0) is 5.75 Å².